The van der Waals surface area contributed by atoms with E-state index in [1.54, 1.807) is 0 Å². The van der Waals surface area contributed by atoms with E-state index in [9.17, 15) is 0 Å². The summed E-state index contributed by atoms with van der Waals surface area (Å²) in [6.45, 7) is 0. The summed E-state index contributed by atoms with van der Waals surface area (Å²) in [6.07, 6.45) is 0. The van der Waals surface area contributed by atoms with Gasteiger partial charge in [-0.15, -0.1) is 22.7 Å². The Morgan fingerprint density at radius 2 is 0.456 bits per heavy atom. The molecule has 0 atom stereocenters. The van der Waals surface area contributed by atoms with Gasteiger partial charge < -0.3 is 18.3 Å². The molecule has 7 heterocycles. The molecule has 418 valence electrons. The summed E-state index contributed by atoms with van der Waals surface area (Å²) in [5.74, 6) is 1.67. The van der Waals surface area contributed by atoms with Crippen LogP contribution in [0.2, 0.25) is 0 Å². The molecule has 7 nitrogen and oxygen atoms in total. The van der Waals surface area contributed by atoms with Gasteiger partial charge in [-0.3, -0.25) is 0 Å². The average Bonchev–Trinajstić information content (AvgIpc) is 1.58. The second-order valence-corrected chi connectivity index (χ2v) is 25.4. The van der Waals surface area contributed by atoms with Crippen LogP contribution in [-0.2, 0) is 0 Å². The number of aromatic nitrogens is 7. The minimum atomic E-state index is 0.553. The Morgan fingerprint density at radius 1 is 0.211 bits per heavy atom. The normalized spacial score (nSPS) is 12.2. The minimum Gasteiger partial charge on any atom is -0.306 e. The van der Waals surface area contributed by atoms with Gasteiger partial charge in [-0.05, 0) is 72.8 Å². The fourth-order valence-electron chi connectivity index (χ4n) is 14.9. The maximum absolute atomic E-state index is 6.14. The lowest BCUT2D eigenvalue weighted by molar-refractivity contribution is 1.05. The molecule has 9 heteroatoms. The minimum absolute atomic E-state index is 0.553. The molecular formula is C81H47N7S2. The van der Waals surface area contributed by atoms with Crippen LogP contribution < -0.4 is 0 Å². The highest BCUT2D eigenvalue weighted by Gasteiger charge is 2.32. The van der Waals surface area contributed by atoms with Gasteiger partial charge >= 0.3 is 0 Å². The van der Waals surface area contributed by atoms with Crippen LogP contribution in [-0.4, -0.2) is 33.2 Å². The van der Waals surface area contributed by atoms with E-state index in [1.165, 1.54) is 51.1 Å². The molecule has 0 N–H and O–H groups in total. The molecule has 13 aromatic carbocycles. The van der Waals surface area contributed by atoms with Gasteiger partial charge in [-0.1, -0.05) is 212 Å². The van der Waals surface area contributed by atoms with Crippen molar-refractivity contribution < 1.29 is 0 Å². The quantitative estimate of drug-likeness (QED) is 0.160. The van der Waals surface area contributed by atoms with Crippen molar-refractivity contribution in [3.63, 3.8) is 0 Å². The molecule has 0 amide bonds. The van der Waals surface area contributed by atoms with Crippen LogP contribution in [0.25, 0.3) is 184 Å². The SMILES string of the molecule is c1ccc(-c2nc(-c3cc4c(sc5ccccc54)c(-n4c5ccccc5c5ccccc54)c3-n3c4ccccc4c4ccccc43)nc(-c3cc4c(sc5ccccc54)c(-n4c5ccccc5c5ccccc54)c3-n3c4ccccc4c4ccccc43)n2)cc1. The standard InChI is InChI=1S/C81H47N7S2/c1-2-24-48(25-3-1)79-82-80(61-46-59-57-34-12-22-44-71(57)89-77(59)75(87-67-40-18-8-30-53(67)54-31-9-19-41-68(54)87)73(61)85-63-36-14-4-26-49(63)50-27-5-15-37-64(50)85)84-81(83-79)62-47-60-58-35-13-23-45-72(58)90-78(60)76(88-69-42-20-10-32-55(69)56-33-11-21-43-70(56)88)74(62)86-65-38-16-6-28-51(65)52-29-7-17-39-66(52)86/h1-47H. The smallest absolute Gasteiger partial charge is 0.166 e. The Morgan fingerprint density at radius 3 is 0.767 bits per heavy atom. The molecule has 0 saturated carbocycles. The van der Waals surface area contributed by atoms with E-state index >= 15 is 0 Å². The summed E-state index contributed by atoms with van der Waals surface area (Å²) in [7, 11) is 0. The van der Waals surface area contributed by atoms with E-state index in [0.29, 0.717) is 17.5 Å². The predicted molar refractivity (Wildman–Crippen MR) is 379 cm³/mol. The fraction of sp³-hybridized carbons (Fsp3) is 0. The van der Waals surface area contributed by atoms with Crippen molar-refractivity contribution in [2.24, 2.45) is 0 Å². The van der Waals surface area contributed by atoms with Crippen LogP contribution in [0.4, 0.5) is 0 Å². The second-order valence-electron chi connectivity index (χ2n) is 23.3. The third kappa shape index (κ3) is 6.95. The first-order valence-corrected chi connectivity index (χ1v) is 32.1. The van der Waals surface area contributed by atoms with Crippen LogP contribution in [0, 0.1) is 0 Å². The maximum Gasteiger partial charge on any atom is 0.166 e. The summed E-state index contributed by atoms with van der Waals surface area (Å²) in [6, 6.07) is 104. The van der Waals surface area contributed by atoms with E-state index in [0.717, 1.165) is 116 Å². The highest BCUT2D eigenvalue weighted by atomic mass is 32.1. The van der Waals surface area contributed by atoms with Crippen LogP contribution in [0.1, 0.15) is 0 Å². The van der Waals surface area contributed by atoms with Gasteiger partial charge in [-0.2, -0.15) is 0 Å². The molecule has 0 fully saturated rings. The molecule has 90 heavy (non-hydrogen) atoms. The molecule has 0 bridgehead atoms. The van der Waals surface area contributed by atoms with E-state index in [4.69, 9.17) is 15.0 Å². The summed E-state index contributed by atoms with van der Waals surface area (Å²) in [5.41, 5.74) is 15.5. The highest BCUT2D eigenvalue weighted by Crippen LogP contribution is 2.52. The Balaban J connectivity index is 1.02. The molecule has 0 saturated heterocycles. The lowest BCUT2D eigenvalue weighted by Gasteiger charge is -2.23. The van der Waals surface area contributed by atoms with Gasteiger partial charge in [0.25, 0.3) is 0 Å². The van der Waals surface area contributed by atoms with E-state index in [-0.39, 0.29) is 0 Å². The number of fused-ring (bicyclic) bond motifs is 18. The Kier molecular flexibility index (Phi) is 10.5. The largest absolute Gasteiger partial charge is 0.306 e. The van der Waals surface area contributed by atoms with E-state index in [1.807, 2.05) is 22.7 Å². The number of nitrogens with zero attached hydrogens (tertiary/aromatic N) is 7. The number of hydrogen-bond donors (Lipinski definition) is 0. The fourth-order valence-corrected chi connectivity index (χ4v) is 17.3. The molecule has 20 rings (SSSR count). The highest BCUT2D eigenvalue weighted by molar-refractivity contribution is 7.26. The third-order valence-corrected chi connectivity index (χ3v) is 21.0. The zero-order valence-electron chi connectivity index (χ0n) is 48.1. The molecule has 20 aromatic rings. The molecule has 0 radical (unpaired) electrons. The van der Waals surface area contributed by atoms with Crippen molar-refractivity contribution in [2.45, 2.75) is 0 Å². The van der Waals surface area contributed by atoms with Gasteiger partial charge in [0.1, 0.15) is 0 Å². The lowest BCUT2D eigenvalue weighted by atomic mass is 10.0. The van der Waals surface area contributed by atoms with Crippen molar-refractivity contribution in [3.8, 4) is 56.9 Å². The van der Waals surface area contributed by atoms with Crippen molar-refractivity contribution >= 4 is 150 Å². The van der Waals surface area contributed by atoms with Gasteiger partial charge in [0.15, 0.2) is 17.5 Å². The second kappa shape index (κ2) is 19.0. The molecule has 0 aliphatic heterocycles. The zero-order valence-corrected chi connectivity index (χ0v) is 49.7. The van der Waals surface area contributed by atoms with Crippen LogP contribution in [0.5, 0.6) is 0 Å². The van der Waals surface area contributed by atoms with E-state index in [2.05, 4.69) is 303 Å². The summed E-state index contributed by atoms with van der Waals surface area (Å²) in [5, 5.41) is 14.0. The molecule has 7 aromatic heterocycles. The van der Waals surface area contributed by atoms with Crippen LogP contribution >= 0.6 is 22.7 Å². The molecule has 0 unspecified atom stereocenters. The van der Waals surface area contributed by atoms with Gasteiger partial charge in [0, 0.05) is 90.7 Å². The van der Waals surface area contributed by atoms with Crippen molar-refractivity contribution in [1.82, 2.24) is 33.2 Å². The van der Waals surface area contributed by atoms with Crippen LogP contribution in [0.15, 0.2) is 285 Å². The average molecular weight is 1180 g/mol. The molecule has 0 aliphatic rings. The van der Waals surface area contributed by atoms with Crippen molar-refractivity contribution in [1.29, 1.82) is 0 Å². The Hall–Kier alpha value is -11.5. The number of para-hydroxylation sites is 8. The first-order chi connectivity index (χ1) is 44.7. The van der Waals surface area contributed by atoms with Gasteiger partial charge in [0.05, 0.1) is 76.3 Å². The van der Waals surface area contributed by atoms with Gasteiger partial charge in [0.2, 0.25) is 0 Å². The topological polar surface area (TPSA) is 58.4 Å². The van der Waals surface area contributed by atoms with Gasteiger partial charge in [-0.25, -0.2) is 15.0 Å². The predicted octanol–water partition coefficient (Wildman–Crippen LogP) is 22.0. The van der Waals surface area contributed by atoms with Crippen molar-refractivity contribution in [2.75, 3.05) is 0 Å². The number of rotatable bonds is 7. The Bertz CT molecular complexity index is 5850. The van der Waals surface area contributed by atoms with Crippen LogP contribution in [0.3, 0.4) is 0 Å². The Labute approximate surface area is 522 Å². The first-order valence-electron chi connectivity index (χ1n) is 30.4. The summed E-state index contributed by atoms with van der Waals surface area (Å²) < 4.78 is 14.8. The number of hydrogen-bond acceptors (Lipinski definition) is 5. The molecule has 0 aliphatic carbocycles. The number of thiophene rings is 2. The van der Waals surface area contributed by atoms with Crippen molar-refractivity contribution in [3.05, 3.63) is 285 Å². The molecular weight excluding hydrogens is 1140 g/mol. The number of benzene rings is 13. The third-order valence-electron chi connectivity index (χ3n) is 18.6. The first kappa shape index (κ1) is 49.6. The zero-order chi connectivity index (χ0) is 58.7. The molecule has 0 spiro atoms. The lowest BCUT2D eigenvalue weighted by Crippen LogP contribution is -2.10. The summed E-state index contributed by atoms with van der Waals surface area (Å²) >= 11 is 3.69. The summed E-state index contributed by atoms with van der Waals surface area (Å²) in [4.78, 5) is 17.8. The van der Waals surface area contributed by atoms with E-state index < -0.39 is 0 Å². The monoisotopic (exact) mass is 1180 g/mol. The maximum atomic E-state index is 6.14.